The number of hydrogen-bond donors (Lipinski definition) is 1. The predicted octanol–water partition coefficient (Wildman–Crippen LogP) is 4.27. The second-order valence-corrected chi connectivity index (χ2v) is 6.04. The van der Waals surface area contributed by atoms with Crippen molar-refractivity contribution in [1.29, 1.82) is 0 Å². The van der Waals surface area contributed by atoms with Crippen molar-refractivity contribution in [3.63, 3.8) is 0 Å². The summed E-state index contributed by atoms with van der Waals surface area (Å²) in [6, 6.07) is 9.42. The minimum absolute atomic E-state index is 0.119. The Hall–Kier alpha value is -2.27. The Balaban J connectivity index is 2.20. The van der Waals surface area contributed by atoms with Crippen LogP contribution in [0.3, 0.4) is 0 Å². The van der Waals surface area contributed by atoms with Crippen molar-refractivity contribution < 1.29 is 14.3 Å². The zero-order valence-corrected chi connectivity index (χ0v) is 14.7. The van der Waals surface area contributed by atoms with Gasteiger partial charge in [-0.15, -0.1) is 0 Å². The minimum atomic E-state index is -0.119. The number of hydrogen-bond acceptors (Lipinski definition) is 3. The number of methoxy groups -OCH3 is 2. The van der Waals surface area contributed by atoms with Gasteiger partial charge in [0.05, 0.1) is 19.8 Å². The fourth-order valence-corrected chi connectivity index (χ4v) is 3.09. The zero-order valence-electron chi connectivity index (χ0n) is 13.1. The third-order valence-corrected chi connectivity index (χ3v) is 4.75. The number of nitrogens with one attached hydrogen (secondary N) is 1. The molecule has 0 radical (unpaired) electrons. The molecule has 23 heavy (non-hydrogen) atoms. The van der Waals surface area contributed by atoms with E-state index in [4.69, 9.17) is 9.47 Å². The Morgan fingerprint density at radius 3 is 2.61 bits per heavy atom. The summed E-state index contributed by atoms with van der Waals surface area (Å²) < 4.78 is 11.7. The van der Waals surface area contributed by atoms with Crippen LogP contribution in [-0.2, 0) is 4.79 Å². The number of carbonyl (C=O) groups is 1. The molecular weight excluding hydrogens is 358 g/mol. The monoisotopic (exact) mass is 373 g/mol. The highest BCUT2D eigenvalue weighted by Crippen LogP contribution is 2.40. The number of para-hydroxylation sites is 1. The molecule has 1 N–H and O–H groups in total. The van der Waals surface area contributed by atoms with Gasteiger partial charge >= 0.3 is 0 Å². The average molecular weight is 374 g/mol. The number of amides is 1. The van der Waals surface area contributed by atoms with E-state index in [1.54, 1.807) is 14.2 Å². The summed E-state index contributed by atoms with van der Waals surface area (Å²) in [6.07, 6.45) is 1.84. The molecule has 3 rings (SSSR count). The molecule has 1 aliphatic rings. The van der Waals surface area contributed by atoms with Crippen molar-refractivity contribution in [2.45, 2.75) is 6.92 Å². The highest BCUT2D eigenvalue weighted by atomic mass is 79.9. The van der Waals surface area contributed by atoms with Crippen molar-refractivity contribution in [3.8, 4) is 11.5 Å². The SMILES string of the molecule is COc1cccc(C=C2C(=O)Nc3ccc(Br)c(C)c32)c1OC. The van der Waals surface area contributed by atoms with E-state index in [0.717, 1.165) is 26.9 Å². The molecule has 0 atom stereocenters. The molecule has 0 spiro atoms. The van der Waals surface area contributed by atoms with Crippen LogP contribution in [0.1, 0.15) is 16.7 Å². The van der Waals surface area contributed by atoms with Crippen molar-refractivity contribution in [2.75, 3.05) is 19.5 Å². The summed E-state index contributed by atoms with van der Waals surface area (Å²) in [6.45, 7) is 1.99. The van der Waals surface area contributed by atoms with E-state index in [9.17, 15) is 4.79 Å². The van der Waals surface area contributed by atoms with Crippen LogP contribution in [-0.4, -0.2) is 20.1 Å². The largest absolute Gasteiger partial charge is 0.493 e. The number of benzene rings is 2. The number of rotatable bonds is 3. The lowest BCUT2D eigenvalue weighted by molar-refractivity contribution is -0.110. The van der Waals surface area contributed by atoms with Crippen molar-refractivity contribution in [2.24, 2.45) is 0 Å². The molecule has 0 unspecified atom stereocenters. The van der Waals surface area contributed by atoms with E-state index >= 15 is 0 Å². The van der Waals surface area contributed by atoms with Gasteiger partial charge in [-0.2, -0.15) is 0 Å². The molecule has 1 amide bonds. The smallest absolute Gasteiger partial charge is 0.256 e. The van der Waals surface area contributed by atoms with Crippen LogP contribution in [0, 0.1) is 6.92 Å². The van der Waals surface area contributed by atoms with Gasteiger partial charge in [-0.25, -0.2) is 0 Å². The van der Waals surface area contributed by atoms with Crippen LogP contribution in [0.2, 0.25) is 0 Å². The van der Waals surface area contributed by atoms with E-state index in [2.05, 4.69) is 21.2 Å². The highest BCUT2D eigenvalue weighted by Gasteiger charge is 2.27. The summed E-state index contributed by atoms with van der Waals surface area (Å²) >= 11 is 3.52. The van der Waals surface area contributed by atoms with E-state index < -0.39 is 0 Å². The molecule has 1 heterocycles. The maximum absolute atomic E-state index is 12.4. The number of ether oxygens (including phenoxy) is 2. The molecule has 2 aromatic rings. The topological polar surface area (TPSA) is 47.6 Å². The Labute approximate surface area is 143 Å². The Bertz CT molecular complexity index is 827. The number of carbonyl (C=O) groups excluding carboxylic acids is 1. The highest BCUT2D eigenvalue weighted by molar-refractivity contribution is 9.10. The summed E-state index contributed by atoms with van der Waals surface area (Å²) in [5, 5.41) is 2.90. The van der Waals surface area contributed by atoms with Crippen LogP contribution in [0.15, 0.2) is 34.8 Å². The Kier molecular flexibility index (Phi) is 4.13. The van der Waals surface area contributed by atoms with E-state index in [-0.39, 0.29) is 5.91 Å². The van der Waals surface area contributed by atoms with Crippen LogP contribution in [0.25, 0.3) is 11.6 Å². The lowest BCUT2D eigenvalue weighted by Gasteiger charge is -2.11. The van der Waals surface area contributed by atoms with Gasteiger partial charge in [0.1, 0.15) is 0 Å². The molecule has 1 aliphatic heterocycles. The molecule has 5 heteroatoms. The molecule has 0 aliphatic carbocycles. The Morgan fingerprint density at radius 2 is 1.91 bits per heavy atom. The van der Waals surface area contributed by atoms with Gasteiger partial charge in [-0.3, -0.25) is 4.79 Å². The molecule has 4 nitrogen and oxygen atoms in total. The lowest BCUT2D eigenvalue weighted by Crippen LogP contribution is -2.03. The molecule has 0 bridgehead atoms. The second-order valence-electron chi connectivity index (χ2n) is 5.19. The fraction of sp³-hybridized carbons (Fsp3) is 0.167. The molecule has 2 aromatic carbocycles. The lowest BCUT2D eigenvalue weighted by atomic mass is 9.99. The van der Waals surface area contributed by atoms with Crippen LogP contribution in [0.4, 0.5) is 5.69 Å². The van der Waals surface area contributed by atoms with E-state index in [1.165, 1.54) is 0 Å². The van der Waals surface area contributed by atoms with Crippen molar-refractivity contribution in [1.82, 2.24) is 0 Å². The first-order valence-corrected chi connectivity index (χ1v) is 7.89. The average Bonchev–Trinajstić information content (AvgIpc) is 2.87. The number of anilines is 1. The minimum Gasteiger partial charge on any atom is -0.493 e. The third-order valence-electron chi connectivity index (χ3n) is 3.89. The van der Waals surface area contributed by atoms with Gasteiger partial charge in [0, 0.05) is 21.3 Å². The van der Waals surface area contributed by atoms with E-state index in [1.807, 2.05) is 43.3 Å². The van der Waals surface area contributed by atoms with Crippen molar-refractivity contribution in [3.05, 3.63) is 51.5 Å². The summed E-state index contributed by atoms with van der Waals surface area (Å²) in [5.74, 6) is 1.12. The van der Waals surface area contributed by atoms with Crippen LogP contribution >= 0.6 is 15.9 Å². The summed E-state index contributed by atoms with van der Waals surface area (Å²) in [5.41, 5.74) is 4.17. The van der Waals surface area contributed by atoms with Gasteiger partial charge in [-0.1, -0.05) is 28.1 Å². The first-order valence-electron chi connectivity index (χ1n) is 7.10. The maximum atomic E-state index is 12.4. The van der Waals surface area contributed by atoms with Gasteiger partial charge in [0.25, 0.3) is 5.91 Å². The molecule has 0 saturated heterocycles. The molecule has 118 valence electrons. The zero-order chi connectivity index (χ0) is 16.6. The first kappa shape index (κ1) is 15.6. The summed E-state index contributed by atoms with van der Waals surface area (Å²) in [7, 11) is 3.18. The van der Waals surface area contributed by atoms with Gasteiger partial charge in [-0.05, 0) is 36.8 Å². The van der Waals surface area contributed by atoms with Crippen LogP contribution < -0.4 is 14.8 Å². The maximum Gasteiger partial charge on any atom is 0.256 e. The normalized spacial score (nSPS) is 14.6. The van der Waals surface area contributed by atoms with Gasteiger partial charge < -0.3 is 14.8 Å². The number of fused-ring (bicyclic) bond motifs is 1. The molecule has 0 saturated carbocycles. The molecule has 0 aromatic heterocycles. The van der Waals surface area contributed by atoms with Gasteiger partial charge in [0.2, 0.25) is 0 Å². The Morgan fingerprint density at radius 1 is 1.13 bits per heavy atom. The number of halogens is 1. The van der Waals surface area contributed by atoms with Crippen molar-refractivity contribution >= 4 is 39.2 Å². The van der Waals surface area contributed by atoms with E-state index in [0.29, 0.717) is 17.1 Å². The third kappa shape index (κ3) is 2.61. The standard InChI is InChI=1S/C18H16BrNO3/c1-10-13(19)7-8-14-16(10)12(18(21)20-14)9-11-5-4-6-15(22-2)17(11)23-3/h4-9H,1-3H3,(H,20,21). The summed E-state index contributed by atoms with van der Waals surface area (Å²) in [4.78, 5) is 12.4. The molecular formula is C18H16BrNO3. The second kappa shape index (κ2) is 6.08. The van der Waals surface area contributed by atoms with Crippen LogP contribution in [0.5, 0.6) is 11.5 Å². The first-order chi connectivity index (χ1) is 11.1. The predicted molar refractivity (Wildman–Crippen MR) is 94.9 cm³/mol. The van der Waals surface area contributed by atoms with Gasteiger partial charge in [0.15, 0.2) is 11.5 Å². The molecule has 0 fully saturated rings. The fourth-order valence-electron chi connectivity index (χ4n) is 2.76. The quantitative estimate of drug-likeness (QED) is 0.817.